The lowest BCUT2D eigenvalue weighted by molar-refractivity contribution is 0.404. The van der Waals surface area contributed by atoms with Crippen LogP contribution in [0.5, 0.6) is 5.75 Å². The highest BCUT2D eigenvalue weighted by molar-refractivity contribution is 5.49. The highest BCUT2D eigenvalue weighted by Gasteiger charge is 2.19. The van der Waals surface area contributed by atoms with Gasteiger partial charge in [-0.3, -0.25) is 0 Å². The third-order valence-electron chi connectivity index (χ3n) is 3.49. The maximum absolute atomic E-state index is 13.8. The van der Waals surface area contributed by atoms with E-state index in [4.69, 9.17) is 10.5 Å². The van der Waals surface area contributed by atoms with Crippen LogP contribution < -0.4 is 10.5 Å². The number of halogens is 1. The molecule has 2 rings (SSSR count). The second kappa shape index (κ2) is 5.41. The lowest BCUT2D eigenvalue weighted by atomic mass is 9.94. The Kier molecular flexibility index (Phi) is 3.86. The summed E-state index contributed by atoms with van der Waals surface area (Å²) in [6, 6.07) is 9.91. The number of aryl methyl sites for hydroxylation is 1. The molecule has 0 amide bonds. The van der Waals surface area contributed by atoms with Gasteiger partial charge in [0.1, 0.15) is 11.6 Å². The fourth-order valence-electron chi connectivity index (χ4n) is 2.22. The summed E-state index contributed by atoms with van der Waals surface area (Å²) in [6.45, 7) is 3.99. The quantitative estimate of drug-likeness (QED) is 0.915. The van der Waals surface area contributed by atoms with Crippen molar-refractivity contribution in [2.45, 2.75) is 19.9 Å². The van der Waals surface area contributed by atoms with Gasteiger partial charge in [-0.05, 0) is 31.0 Å². The van der Waals surface area contributed by atoms with E-state index in [9.17, 15) is 4.39 Å². The van der Waals surface area contributed by atoms with Gasteiger partial charge in [0.2, 0.25) is 0 Å². The largest absolute Gasteiger partial charge is 0.496 e. The van der Waals surface area contributed by atoms with Gasteiger partial charge >= 0.3 is 0 Å². The maximum atomic E-state index is 13.8. The van der Waals surface area contributed by atoms with Crippen molar-refractivity contribution in [1.29, 1.82) is 0 Å². The third-order valence-corrected chi connectivity index (χ3v) is 3.49. The molecule has 0 heterocycles. The Labute approximate surface area is 113 Å². The summed E-state index contributed by atoms with van der Waals surface area (Å²) in [7, 11) is 1.61. The fraction of sp³-hybridized carbons (Fsp3) is 0.250. The van der Waals surface area contributed by atoms with Crippen molar-refractivity contribution in [2.75, 3.05) is 7.11 Å². The van der Waals surface area contributed by atoms with E-state index in [1.165, 1.54) is 6.07 Å². The van der Waals surface area contributed by atoms with Gasteiger partial charge in [-0.15, -0.1) is 0 Å². The first-order chi connectivity index (χ1) is 9.06. The van der Waals surface area contributed by atoms with Crippen LogP contribution >= 0.6 is 0 Å². The van der Waals surface area contributed by atoms with Crippen LogP contribution in [0.2, 0.25) is 0 Å². The average molecular weight is 259 g/mol. The summed E-state index contributed by atoms with van der Waals surface area (Å²) >= 11 is 0. The molecule has 1 unspecified atom stereocenters. The van der Waals surface area contributed by atoms with Crippen molar-refractivity contribution in [1.82, 2.24) is 0 Å². The lowest BCUT2D eigenvalue weighted by Gasteiger charge is -2.19. The Hall–Kier alpha value is -1.87. The van der Waals surface area contributed by atoms with Gasteiger partial charge in [0, 0.05) is 11.1 Å². The minimum atomic E-state index is -0.532. The van der Waals surface area contributed by atoms with Crippen LogP contribution in [0.3, 0.4) is 0 Å². The maximum Gasteiger partial charge on any atom is 0.128 e. The first-order valence-corrected chi connectivity index (χ1v) is 6.20. The first kappa shape index (κ1) is 13.6. The standard InChI is InChI=1S/C16H18FNO/c1-10-8-9-13(16(19-3)11(10)2)15(18)12-6-4-5-7-14(12)17/h4-9,15H,18H2,1-3H3. The molecule has 0 fully saturated rings. The molecular weight excluding hydrogens is 241 g/mol. The Balaban J connectivity index is 2.53. The van der Waals surface area contributed by atoms with Gasteiger partial charge in [-0.1, -0.05) is 30.3 Å². The number of methoxy groups -OCH3 is 1. The number of hydrogen-bond donors (Lipinski definition) is 1. The normalized spacial score (nSPS) is 12.3. The highest BCUT2D eigenvalue weighted by atomic mass is 19.1. The molecule has 0 aromatic heterocycles. The Morgan fingerprint density at radius 3 is 2.37 bits per heavy atom. The molecule has 2 nitrogen and oxygen atoms in total. The van der Waals surface area contributed by atoms with Crippen LogP contribution in [0, 0.1) is 19.7 Å². The Morgan fingerprint density at radius 1 is 1.05 bits per heavy atom. The van der Waals surface area contributed by atoms with E-state index in [-0.39, 0.29) is 5.82 Å². The number of ether oxygens (including phenoxy) is 1. The highest BCUT2D eigenvalue weighted by Crippen LogP contribution is 2.33. The van der Waals surface area contributed by atoms with Crippen LogP contribution in [0.25, 0.3) is 0 Å². The van der Waals surface area contributed by atoms with Crippen molar-refractivity contribution in [3.63, 3.8) is 0 Å². The van der Waals surface area contributed by atoms with Crippen molar-refractivity contribution >= 4 is 0 Å². The molecule has 2 N–H and O–H groups in total. The lowest BCUT2D eigenvalue weighted by Crippen LogP contribution is -2.15. The van der Waals surface area contributed by atoms with Crippen LogP contribution in [0.4, 0.5) is 4.39 Å². The summed E-state index contributed by atoms with van der Waals surface area (Å²) in [5, 5.41) is 0. The summed E-state index contributed by atoms with van der Waals surface area (Å²) in [4.78, 5) is 0. The summed E-state index contributed by atoms with van der Waals surface area (Å²) in [5.74, 6) is 0.436. The first-order valence-electron chi connectivity index (χ1n) is 6.20. The van der Waals surface area contributed by atoms with Gasteiger partial charge in [0.05, 0.1) is 13.2 Å². The SMILES string of the molecule is COc1c(C(N)c2ccccc2F)ccc(C)c1C. The molecule has 2 aromatic rings. The number of benzene rings is 2. The van der Waals surface area contributed by atoms with E-state index < -0.39 is 6.04 Å². The molecule has 0 saturated carbocycles. The topological polar surface area (TPSA) is 35.2 Å². The van der Waals surface area contributed by atoms with Crippen LogP contribution in [0.15, 0.2) is 36.4 Å². The second-order valence-corrected chi connectivity index (χ2v) is 4.63. The second-order valence-electron chi connectivity index (χ2n) is 4.63. The zero-order valence-corrected chi connectivity index (χ0v) is 11.4. The average Bonchev–Trinajstić information content (AvgIpc) is 2.41. The van der Waals surface area contributed by atoms with Crippen LogP contribution in [-0.4, -0.2) is 7.11 Å². The molecule has 3 heteroatoms. The molecule has 0 saturated heterocycles. The number of nitrogens with two attached hydrogens (primary N) is 1. The predicted octanol–water partition coefficient (Wildman–Crippen LogP) is 3.50. The predicted molar refractivity (Wildman–Crippen MR) is 74.9 cm³/mol. The minimum Gasteiger partial charge on any atom is -0.496 e. The van der Waals surface area contributed by atoms with Crippen molar-refractivity contribution < 1.29 is 9.13 Å². The Morgan fingerprint density at radius 2 is 1.74 bits per heavy atom. The van der Waals surface area contributed by atoms with E-state index in [1.54, 1.807) is 25.3 Å². The van der Waals surface area contributed by atoms with Gasteiger partial charge < -0.3 is 10.5 Å². The molecule has 0 aliphatic carbocycles. The van der Waals surface area contributed by atoms with Crippen LogP contribution in [-0.2, 0) is 0 Å². The molecule has 0 aliphatic rings. The third kappa shape index (κ3) is 2.47. The molecule has 1 atom stereocenters. The van der Waals surface area contributed by atoms with Crippen LogP contribution in [0.1, 0.15) is 28.3 Å². The van der Waals surface area contributed by atoms with Crippen molar-refractivity contribution in [3.8, 4) is 5.75 Å². The van der Waals surface area contributed by atoms with E-state index >= 15 is 0 Å². The molecule has 0 spiro atoms. The van der Waals surface area contributed by atoms with E-state index in [0.717, 1.165) is 22.4 Å². The zero-order chi connectivity index (χ0) is 14.0. The minimum absolute atomic E-state index is 0.296. The molecule has 0 radical (unpaired) electrons. The molecule has 2 aromatic carbocycles. The van der Waals surface area contributed by atoms with Gasteiger partial charge in [0.25, 0.3) is 0 Å². The molecule has 100 valence electrons. The monoisotopic (exact) mass is 259 g/mol. The van der Waals surface area contributed by atoms with Gasteiger partial charge in [-0.2, -0.15) is 0 Å². The zero-order valence-electron chi connectivity index (χ0n) is 11.4. The summed E-state index contributed by atoms with van der Waals surface area (Å²) in [6.07, 6.45) is 0. The molecular formula is C16H18FNO. The smallest absolute Gasteiger partial charge is 0.128 e. The van der Waals surface area contributed by atoms with Crippen molar-refractivity contribution in [2.24, 2.45) is 5.73 Å². The van der Waals surface area contributed by atoms with Crippen molar-refractivity contribution in [3.05, 3.63) is 64.5 Å². The van der Waals surface area contributed by atoms with Gasteiger partial charge in [0.15, 0.2) is 0 Å². The van der Waals surface area contributed by atoms with E-state index in [2.05, 4.69) is 0 Å². The Bertz CT molecular complexity index is 595. The van der Waals surface area contributed by atoms with Gasteiger partial charge in [-0.25, -0.2) is 4.39 Å². The fourth-order valence-corrected chi connectivity index (χ4v) is 2.22. The van der Waals surface area contributed by atoms with E-state index in [0.29, 0.717) is 5.56 Å². The number of hydrogen-bond acceptors (Lipinski definition) is 2. The summed E-state index contributed by atoms with van der Waals surface area (Å²) < 4.78 is 19.3. The number of rotatable bonds is 3. The summed E-state index contributed by atoms with van der Waals surface area (Å²) in [5.41, 5.74) is 9.63. The van der Waals surface area contributed by atoms with E-state index in [1.807, 2.05) is 26.0 Å². The molecule has 0 bridgehead atoms. The molecule has 19 heavy (non-hydrogen) atoms. The molecule has 0 aliphatic heterocycles.